The van der Waals surface area contributed by atoms with Crippen molar-refractivity contribution in [3.05, 3.63) is 11.9 Å². The Labute approximate surface area is 72.3 Å². The number of aromatic nitrogens is 2. The minimum absolute atomic E-state index is 0.103. The van der Waals surface area contributed by atoms with Gasteiger partial charge in [-0.05, 0) is 12.8 Å². The number of anilines is 1. The molecule has 0 bridgehead atoms. The van der Waals surface area contributed by atoms with Gasteiger partial charge in [0.2, 0.25) is 0 Å². The fourth-order valence-corrected chi connectivity index (χ4v) is 1.27. The van der Waals surface area contributed by atoms with Crippen LogP contribution in [0.5, 0.6) is 0 Å². The molecule has 0 atom stereocenters. The molecule has 1 aliphatic rings. The van der Waals surface area contributed by atoms with E-state index in [2.05, 4.69) is 5.10 Å². The van der Waals surface area contributed by atoms with Crippen molar-refractivity contribution in [1.29, 1.82) is 0 Å². The highest BCUT2D eigenvalue weighted by Crippen LogP contribution is 2.41. The van der Waals surface area contributed by atoms with Gasteiger partial charge >= 0.3 is 6.18 Å². The van der Waals surface area contributed by atoms with Gasteiger partial charge in [0.1, 0.15) is 0 Å². The SMILES string of the molecule is Nc1cnn(C2CC2)c1C(F)(F)F. The van der Waals surface area contributed by atoms with Crippen molar-refractivity contribution in [2.75, 3.05) is 5.73 Å². The van der Waals surface area contributed by atoms with E-state index in [1.165, 1.54) is 0 Å². The topological polar surface area (TPSA) is 43.8 Å². The molecule has 0 amide bonds. The van der Waals surface area contributed by atoms with Crippen LogP contribution in [0.15, 0.2) is 6.20 Å². The van der Waals surface area contributed by atoms with Crippen molar-refractivity contribution < 1.29 is 13.2 Å². The summed E-state index contributed by atoms with van der Waals surface area (Å²) in [4.78, 5) is 0. The lowest BCUT2D eigenvalue weighted by atomic mass is 10.3. The maximum absolute atomic E-state index is 12.4. The standard InChI is InChI=1S/C7H8F3N3/c8-7(9,10)6-5(11)3-12-13(6)4-1-2-4/h3-4H,1-2,11H2. The molecule has 3 nitrogen and oxygen atoms in total. The molecule has 72 valence electrons. The predicted octanol–water partition coefficient (Wildman–Crippen LogP) is 1.82. The summed E-state index contributed by atoms with van der Waals surface area (Å²) in [5.41, 5.74) is 4.09. The van der Waals surface area contributed by atoms with Crippen molar-refractivity contribution in [2.45, 2.75) is 25.1 Å². The average Bonchev–Trinajstić information content (AvgIpc) is 2.73. The molecule has 6 heteroatoms. The van der Waals surface area contributed by atoms with Crippen molar-refractivity contribution in [3.8, 4) is 0 Å². The first-order chi connectivity index (χ1) is 6.00. The first-order valence-corrected chi connectivity index (χ1v) is 3.90. The van der Waals surface area contributed by atoms with Crippen molar-refractivity contribution in [1.82, 2.24) is 9.78 Å². The lowest BCUT2D eigenvalue weighted by Crippen LogP contribution is -2.15. The van der Waals surface area contributed by atoms with Crippen LogP contribution in [0.2, 0.25) is 0 Å². The van der Waals surface area contributed by atoms with E-state index in [9.17, 15) is 13.2 Å². The van der Waals surface area contributed by atoms with Crippen LogP contribution in [-0.4, -0.2) is 9.78 Å². The minimum Gasteiger partial charge on any atom is -0.396 e. The van der Waals surface area contributed by atoms with Gasteiger partial charge in [0.15, 0.2) is 5.69 Å². The number of nitrogen functional groups attached to an aromatic ring is 1. The zero-order valence-electron chi connectivity index (χ0n) is 6.67. The van der Waals surface area contributed by atoms with Crippen LogP contribution in [-0.2, 0) is 6.18 Å². The minimum atomic E-state index is -4.40. The van der Waals surface area contributed by atoms with Gasteiger partial charge in [-0.2, -0.15) is 18.3 Å². The van der Waals surface area contributed by atoms with Crippen LogP contribution >= 0.6 is 0 Å². The summed E-state index contributed by atoms with van der Waals surface area (Å²) in [6.45, 7) is 0. The Morgan fingerprint density at radius 3 is 2.54 bits per heavy atom. The summed E-state index contributed by atoms with van der Waals surface area (Å²) in [5.74, 6) is 0. The molecule has 0 spiro atoms. The monoisotopic (exact) mass is 191 g/mol. The normalized spacial score (nSPS) is 17.8. The zero-order valence-corrected chi connectivity index (χ0v) is 6.67. The van der Waals surface area contributed by atoms with Gasteiger partial charge in [-0.1, -0.05) is 0 Å². The second-order valence-corrected chi connectivity index (χ2v) is 3.12. The van der Waals surface area contributed by atoms with Crippen LogP contribution in [0.4, 0.5) is 18.9 Å². The van der Waals surface area contributed by atoms with E-state index < -0.39 is 11.9 Å². The summed E-state index contributed by atoms with van der Waals surface area (Å²) < 4.78 is 38.2. The first kappa shape index (κ1) is 8.40. The molecule has 1 saturated carbocycles. The van der Waals surface area contributed by atoms with Crippen LogP contribution in [0, 0.1) is 0 Å². The van der Waals surface area contributed by atoms with E-state index in [4.69, 9.17) is 5.73 Å². The van der Waals surface area contributed by atoms with Crippen molar-refractivity contribution in [3.63, 3.8) is 0 Å². The molecule has 2 rings (SSSR count). The smallest absolute Gasteiger partial charge is 0.396 e. The molecule has 1 heterocycles. The van der Waals surface area contributed by atoms with Gasteiger partial charge in [-0.15, -0.1) is 0 Å². The Kier molecular flexibility index (Phi) is 1.55. The molecular weight excluding hydrogens is 183 g/mol. The Morgan fingerprint density at radius 2 is 2.08 bits per heavy atom. The van der Waals surface area contributed by atoms with Gasteiger partial charge in [-0.25, -0.2) is 0 Å². The van der Waals surface area contributed by atoms with Crippen LogP contribution in [0.25, 0.3) is 0 Å². The predicted molar refractivity (Wildman–Crippen MR) is 39.9 cm³/mol. The molecule has 0 aromatic carbocycles. The number of hydrogen-bond acceptors (Lipinski definition) is 2. The zero-order chi connectivity index (χ0) is 9.64. The van der Waals surface area contributed by atoms with Gasteiger partial charge in [0, 0.05) is 0 Å². The molecule has 2 N–H and O–H groups in total. The second-order valence-electron chi connectivity index (χ2n) is 3.12. The molecule has 1 fully saturated rings. The quantitative estimate of drug-likeness (QED) is 0.735. The number of alkyl halides is 3. The molecule has 13 heavy (non-hydrogen) atoms. The lowest BCUT2D eigenvalue weighted by molar-refractivity contribution is -0.143. The number of nitrogens with zero attached hydrogens (tertiary/aromatic N) is 2. The van der Waals surface area contributed by atoms with Crippen molar-refractivity contribution >= 4 is 5.69 Å². The first-order valence-electron chi connectivity index (χ1n) is 3.90. The van der Waals surface area contributed by atoms with Gasteiger partial charge in [-0.3, -0.25) is 4.68 Å². The Balaban J connectivity index is 2.46. The fourth-order valence-electron chi connectivity index (χ4n) is 1.27. The summed E-state index contributed by atoms with van der Waals surface area (Å²) >= 11 is 0. The summed E-state index contributed by atoms with van der Waals surface area (Å²) in [5, 5.41) is 3.62. The van der Waals surface area contributed by atoms with E-state index in [0.29, 0.717) is 0 Å². The highest BCUT2D eigenvalue weighted by atomic mass is 19.4. The number of hydrogen-bond donors (Lipinski definition) is 1. The van der Waals surface area contributed by atoms with E-state index >= 15 is 0 Å². The Bertz CT molecular complexity index is 324. The average molecular weight is 191 g/mol. The largest absolute Gasteiger partial charge is 0.435 e. The molecular formula is C7H8F3N3. The number of rotatable bonds is 1. The number of nitrogens with two attached hydrogens (primary N) is 1. The summed E-state index contributed by atoms with van der Waals surface area (Å²) in [6.07, 6.45) is -1.83. The molecule has 0 radical (unpaired) electrons. The molecule has 1 aromatic heterocycles. The van der Waals surface area contributed by atoms with Crippen LogP contribution in [0.1, 0.15) is 24.6 Å². The van der Waals surface area contributed by atoms with Crippen molar-refractivity contribution in [2.24, 2.45) is 0 Å². The maximum atomic E-state index is 12.4. The fraction of sp³-hybridized carbons (Fsp3) is 0.571. The van der Waals surface area contributed by atoms with Crippen LogP contribution < -0.4 is 5.73 Å². The number of halogens is 3. The van der Waals surface area contributed by atoms with Gasteiger partial charge in [0.05, 0.1) is 17.9 Å². The van der Waals surface area contributed by atoms with Gasteiger partial charge < -0.3 is 5.73 Å². The van der Waals surface area contributed by atoms with E-state index in [1.807, 2.05) is 0 Å². The van der Waals surface area contributed by atoms with Crippen LogP contribution in [0.3, 0.4) is 0 Å². The maximum Gasteiger partial charge on any atom is 0.435 e. The molecule has 1 aliphatic carbocycles. The molecule has 0 unspecified atom stereocenters. The third kappa shape index (κ3) is 1.36. The van der Waals surface area contributed by atoms with E-state index in [-0.39, 0.29) is 11.7 Å². The Hall–Kier alpha value is -1.20. The van der Waals surface area contributed by atoms with E-state index in [0.717, 1.165) is 23.7 Å². The second kappa shape index (κ2) is 2.40. The highest BCUT2D eigenvalue weighted by molar-refractivity contribution is 5.43. The van der Waals surface area contributed by atoms with E-state index in [1.54, 1.807) is 0 Å². The molecule has 0 saturated heterocycles. The highest BCUT2D eigenvalue weighted by Gasteiger charge is 2.41. The Morgan fingerprint density at radius 1 is 1.46 bits per heavy atom. The lowest BCUT2D eigenvalue weighted by Gasteiger charge is -2.09. The summed E-state index contributed by atoms with van der Waals surface area (Å²) in [6, 6.07) is -0.103. The third-order valence-electron chi connectivity index (χ3n) is 1.99. The molecule has 0 aliphatic heterocycles. The summed E-state index contributed by atoms with van der Waals surface area (Å²) in [7, 11) is 0. The molecule has 1 aromatic rings. The van der Waals surface area contributed by atoms with Gasteiger partial charge in [0.25, 0.3) is 0 Å². The third-order valence-corrected chi connectivity index (χ3v) is 1.99.